The summed E-state index contributed by atoms with van der Waals surface area (Å²) < 4.78 is 34.2. The van der Waals surface area contributed by atoms with E-state index in [0.29, 0.717) is 0 Å². The molecule has 0 rings (SSSR count). The van der Waals surface area contributed by atoms with E-state index >= 15 is 0 Å². The first kappa shape index (κ1) is 44.7. The molecule has 0 heterocycles. The maximum Gasteiger partial charge on any atom is 4.00 e. The third kappa shape index (κ3) is 1980. The van der Waals surface area contributed by atoms with Crippen LogP contribution in [0.3, 0.4) is 0 Å². The van der Waals surface area contributed by atoms with Crippen LogP contribution >= 0.6 is 31.3 Å². The Morgan fingerprint density at radius 1 is 0.304 bits per heavy atom. The molecule has 0 spiro atoms. The predicted octanol–water partition coefficient (Wildman–Crippen LogP) is -11.3. The van der Waals surface area contributed by atoms with Crippen molar-refractivity contribution in [2.24, 2.45) is 0 Å². The number of rotatable bonds is 0. The van der Waals surface area contributed by atoms with Gasteiger partial charge in [-0.25, -0.2) is 0 Å². The Morgan fingerprint density at radius 3 is 0.304 bits per heavy atom. The van der Waals surface area contributed by atoms with Gasteiger partial charge in [-0.1, -0.05) is 0 Å². The summed E-state index contributed by atoms with van der Waals surface area (Å²) in [4.78, 5) is 103. The normalized spacial score (nSPS) is 10.3. The molecule has 0 N–H and O–H groups in total. The van der Waals surface area contributed by atoms with Crippen LogP contribution in [0.25, 0.3) is 0 Å². The standard InChI is InChI=1S/4H3O4P.3W/c4*1-5(2,3)4;;;/h4*(H3,1,2,3,4);;;/q;;;;3*+4/p-12. The third-order valence-electron chi connectivity index (χ3n) is 0. The molecule has 0 aliphatic heterocycles. The summed E-state index contributed by atoms with van der Waals surface area (Å²) in [5.74, 6) is 0. The van der Waals surface area contributed by atoms with E-state index in [1.165, 1.54) is 0 Å². The maximum absolute atomic E-state index is 8.55. The van der Waals surface area contributed by atoms with Crippen molar-refractivity contribution >= 4 is 31.3 Å². The zero-order valence-corrected chi connectivity index (χ0v) is 21.9. The SMILES string of the molecule is O=P([O-])([O-])[O-].O=P([O-])([O-])[O-].O=P([O-])([O-])[O-].O=P([O-])([O-])[O-].[W+4].[W+4].[W+4]. The van der Waals surface area contributed by atoms with Crippen molar-refractivity contribution < 1.29 is 140 Å². The molecular formula is O16P4W3. The van der Waals surface area contributed by atoms with Gasteiger partial charge in [0.2, 0.25) is 0 Å². The molecule has 23 heteroatoms. The largest absolute Gasteiger partial charge is 4.00 e. The van der Waals surface area contributed by atoms with Gasteiger partial charge in [-0.2, -0.15) is 31.3 Å². The molecule has 0 saturated carbocycles. The van der Waals surface area contributed by atoms with Gasteiger partial charge >= 0.3 is 63.2 Å². The van der Waals surface area contributed by atoms with Crippen molar-refractivity contribution in [1.29, 1.82) is 0 Å². The van der Waals surface area contributed by atoms with Crippen LogP contribution in [0.4, 0.5) is 0 Å². The molecule has 23 heavy (non-hydrogen) atoms. The van der Waals surface area contributed by atoms with E-state index < -0.39 is 31.3 Å². The van der Waals surface area contributed by atoms with Gasteiger partial charge in [-0.15, -0.1) is 0 Å². The van der Waals surface area contributed by atoms with Crippen LogP contribution < -0.4 is 58.7 Å². The fourth-order valence-electron chi connectivity index (χ4n) is 0. The average Bonchev–Trinajstić information content (AvgIpc) is 1.62. The Labute approximate surface area is 170 Å². The van der Waals surface area contributed by atoms with Gasteiger partial charge in [0, 0.05) is 0 Å². The molecule has 0 bridgehead atoms. The van der Waals surface area contributed by atoms with E-state index in [4.69, 9.17) is 77.0 Å². The molecule has 0 aliphatic carbocycles. The molecule has 0 fully saturated rings. The van der Waals surface area contributed by atoms with Gasteiger partial charge in [-0.3, -0.25) is 0 Å². The van der Waals surface area contributed by atoms with Gasteiger partial charge in [0.05, 0.1) is 0 Å². The quantitative estimate of drug-likeness (QED) is 0.204. The Balaban J connectivity index is -0.0000000284. The van der Waals surface area contributed by atoms with Crippen molar-refractivity contribution in [3.8, 4) is 0 Å². The molecular weight excluding hydrogens is 931 g/mol. The van der Waals surface area contributed by atoms with Gasteiger partial charge in [0.1, 0.15) is 0 Å². The molecule has 0 aromatic rings. The van der Waals surface area contributed by atoms with Crippen LogP contribution in [0.2, 0.25) is 0 Å². The monoisotopic (exact) mass is 932 g/mol. The second-order valence-electron chi connectivity index (χ2n) is 1.79. The van der Waals surface area contributed by atoms with Crippen LogP contribution in [-0.2, 0) is 81.5 Å². The Kier molecular flexibility index (Phi) is 37.5. The van der Waals surface area contributed by atoms with Crippen LogP contribution in [0.1, 0.15) is 0 Å². The summed E-state index contributed by atoms with van der Waals surface area (Å²) in [6.45, 7) is 0. The molecule has 0 radical (unpaired) electrons. The van der Waals surface area contributed by atoms with E-state index in [-0.39, 0.29) is 63.2 Å². The molecule has 0 aliphatic rings. The molecule has 0 aromatic carbocycles. The van der Waals surface area contributed by atoms with Crippen molar-refractivity contribution in [2.45, 2.75) is 0 Å². The number of hydrogen-bond acceptors (Lipinski definition) is 16. The Bertz CT molecular complexity index is 292. The maximum atomic E-state index is 8.55. The van der Waals surface area contributed by atoms with E-state index in [2.05, 4.69) is 0 Å². The van der Waals surface area contributed by atoms with E-state index in [0.717, 1.165) is 0 Å². The molecule has 0 saturated heterocycles. The zero-order chi connectivity index (χ0) is 18.0. The topological polar surface area (TPSA) is 345 Å². The minimum absolute atomic E-state index is 0. The smallest absolute Gasteiger partial charge is 0.822 e. The van der Waals surface area contributed by atoms with Gasteiger partial charge in [-0.05, 0) is 0 Å². The summed E-state index contributed by atoms with van der Waals surface area (Å²) in [7, 11) is -21.6. The second kappa shape index (κ2) is 19.3. The number of hydrogen-bond donors (Lipinski definition) is 0. The minimum Gasteiger partial charge on any atom is -0.822 e. The summed E-state index contributed by atoms with van der Waals surface area (Å²) in [6.07, 6.45) is 0. The third-order valence-corrected chi connectivity index (χ3v) is 0. The van der Waals surface area contributed by atoms with Crippen LogP contribution in [0, 0.1) is 0 Å². The molecule has 0 aromatic heterocycles. The first-order valence-corrected chi connectivity index (χ1v) is 8.76. The summed E-state index contributed by atoms with van der Waals surface area (Å²) in [5, 5.41) is 0. The fraction of sp³-hybridized carbons (Fsp3) is 0. The van der Waals surface area contributed by atoms with Crippen molar-refractivity contribution in [2.75, 3.05) is 0 Å². The molecule has 0 amide bonds. The second-order valence-corrected chi connectivity index (χ2v) is 5.37. The van der Waals surface area contributed by atoms with E-state index in [1.807, 2.05) is 0 Å². The molecule has 134 valence electrons. The summed E-state index contributed by atoms with van der Waals surface area (Å²) in [5.41, 5.74) is 0. The van der Waals surface area contributed by atoms with Gasteiger partial charge < -0.3 is 77.0 Å². The van der Waals surface area contributed by atoms with E-state index in [1.54, 1.807) is 0 Å². The average molecular weight is 931 g/mol. The first-order valence-electron chi connectivity index (χ1n) is 2.92. The fourth-order valence-corrected chi connectivity index (χ4v) is 0. The van der Waals surface area contributed by atoms with Gasteiger partial charge in [0.25, 0.3) is 0 Å². The predicted molar refractivity (Wildman–Crippen MR) is 30.4 cm³/mol. The van der Waals surface area contributed by atoms with Crippen LogP contribution in [-0.4, -0.2) is 0 Å². The Morgan fingerprint density at radius 2 is 0.304 bits per heavy atom. The molecule has 0 atom stereocenters. The minimum atomic E-state index is -5.39. The van der Waals surface area contributed by atoms with Gasteiger partial charge in [0.15, 0.2) is 0 Å². The zero-order valence-electron chi connectivity index (χ0n) is 9.55. The van der Waals surface area contributed by atoms with Crippen molar-refractivity contribution in [3.63, 3.8) is 0 Å². The summed E-state index contributed by atoms with van der Waals surface area (Å²) >= 11 is 0. The summed E-state index contributed by atoms with van der Waals surface area (Å²) in [6, 6.07) is 0. The van der Waals surface area contributed by atoms with Crippen molar-refractivity contribution in [3.05, 3.63) is 0 Å². The van der Waals surface area contributed by atoms with Crippen LogP contribution in [0.15, 0.2) is 0 Å². The number of phosphoric acid groups is 4. The van der Waals surface area contributed by atoms with Crippen molar-refractivity contribution in [1.82, 2.24) is 0 Å². The molecule has 16 nitrogen and oxygen atoms in total. The Hall–Kier alpha value is 2.50. The first-order chi connectivity index (χ1) is 8.00. The van der Waals surface area contributed by atoms with E-state index in [9.17, 15) is 0 Å². The van der Waals surface area contributed by atoms with Crippen LogP contribution in [0.5, 0.6) is 0 Å². The molecule has 0 unspecified atom stereocenters.